The van der Waals surface area contributed by atoms with Crippen molar-refractivity contribution in [1.82, 2.24) is 9.88 Å². The first-order chi connectivity index (χ1) is 13.8. The van der Waals surface area contributed by atoms with Crippen LogP contribution >= 0.6 is 11.3 Å². The molecule has 0 radical (unpaired) electrons. The van der Waals surface area contributed by atoms with Crippen LogP contribution in [0.15, 0.2) is 29.6 Å². The van der Waals surface area contributed by atoms with Gasteiger partial charge in [0.25, 0.3) is 0 Å². The fourth-order valence-corrected chi connectivity index (χ4v) is 4.33. The van der Waals surface area contributed by atoms with Crippen molar-refractivity contribution in [2.24, 2.45) is 5.73 Å². The number of likely N-dealkylation sites (tertiary alicyclic amines) is 1. The number of hydrogen-bond acceptors (Lipinski definition) is 7. The smallest absolute Gasteiger partial charge is 0.323 e. The summed E-state index contributed by atoms with van der Waals surface area (Å²) in [5.41, 5.74) is 7.71. The van der Waals surface area contributed by atoms with Gasteiger partial charge in [-0.25, -0.2) is 4.98 Å². The summed E-state index contributed by atoms with van der Waals surface area (Å²) in [5, 5.41) is 28.3. The van der Waals surface area contributed by atoms with E-state index in [0.29, 0.717) is 36.6 Å². The van der Waals surface area contributed by atoms with E-state index in [1.54, 1.807) is 17.0 Å². The molecule has 1 aromatic carbocycles. The molecule has 9 nitrogen and oxygen atoms in total. The Hall–Kier alpha value is -2.98. The fraction of sp³-hybridized carbons (Fsp3) is 0.368. The van der Waals surface area contributed by atoms with Gasteiger partial charge in [0.2, 0.25) is 0 Å². The number of nitrogens with zero attached hydrogens (tertiary/aromatic N) is 3. The SMILES string of the molecule is N=C(N)c1ccc(-c2csc(N(CC(=O)O)C3CCN(CC(=O)O)CC3)n2)cc1. The molecule has 1 fully saturated rings. The van der Waals surface area contributed by atoms with Gasteiger partial charge in [0, 0.05) is 35.6 Å². The molecule has 154 valence electrons. The van der Waals surface area contributed by atoms with E-state index in [0.717, 1.165) is 11.3 Å². The van der Waals surface area contributed by atoms with E-state index in [1.165, 1.54) is 11.3 Å². The lowest BCUT2D eigenvalue weighted by Crippen LogP contribution is -2.47. The number of rotatable bonds is 8. The van der Waals surface area contributed by atoms with Crippen LogP contribution in [0.25, 0.3) is 11.3 Å². The molecule has 0 aliphatic carbocycles. The van der Waals surface area contributed by atoms with Crippen molar-refractivity contribution in [3.63, 3.8) is 0 Å². The Balaban J connectivity index is 1.75. The summed E-state index contributed by atoms with van der Waals surface area (Å²) in [6.45, 7) is 1.07. The molecule has 2 aromatic rings. The van der Waals surface area contributed by atoms with E-state index in [4.69, 9.17) is 16.2 Å². The second kappa shape index (κ2) is 9.01. The molecular weight excluding hydrogens is 394 g/mol. The summed E-state index contributed by atoms with van der Waals surface area (Å²) >= 11 is 1.39. The summed E-state index contributed by atoms with van der Waals surface area (Å²) in [6, 6.07) is 7.17. The third-order valence-electron chi connectivity index (χ3n) is 4.89. The molecule has 0 unspecified atom stereocenters. The van der Waals surface area contributed by atoms with Crippen LogP contribution in [0.4, 0.5) is 5.13 Å². The average molecular weight is 417 g/mol. The molecule has 0 saturated carbocycles. The van der Waals surface area contributed by atoms with E-state index in [1.807, 2.05) is 22.4 Å². The summed E-state index contributed by atoms with van der Waals surface area (Å²) in [5.74, 6) is -1.79. The van der Waals surface area contributed by atoms with Gasteiger partial charge in [-0.2, -0.15) is 0 Å². The van der Waals surface area contributed by atoms with E-state index in [9.17, 15) is 14.7 Å². The molecule has 10 heteroatoms. The number of thiazole rings is 1. The van der Waals surface area contributed by atoms with Gasteiger partial charge < -0.3 is 20.8 Å². The van der Waals surface area contributed by atoms with Gasteiger partial charge in [-0.3, -0.25) is 19.9 Å². The number of nitrogens with one attached hydrogen (secondary N) is 1. The monoisotopic (exact) mass is 417 g/mol. The van der Waals surface area contributed by atoms with Crippen LogP contribution in [-0.4, -0.2) is 70.1 Å². The largest absolute Gasteiger partial charge is 0.480 e. The predicted molar refractivity (Wildman–Crippen MR) is 111 cm³/mol. The van der Waals surface area contributed by atoms with Crippen LogP contribution in [0.1, 0.15) is 18.4 Å². The first-order valence-electron chi connectivity index (χ1n) is 9.16. The zero-order chi connectivity index (χ0) is 21.0. The molecule has 2 heterocycles. The highest BCUT2D eigenvalue weighted by atomic mass is 32.1. The van der Waals surface area contributed by atoms with Crippen LogP contribution in [-0.2, 0) is 9.59 Å². The third-order valence-corrected chi connectivity index (χ3v) is 5.77. The highest BCUT2D eigenvalue weighted by Gasteiger charge is 2.28. The maximum Gasteiger partial charge on any atom is 0.323 e. The highest BCUT2D eigenvalue weighted by Crippen LogP contribution is 2.31. The lowest BCUT2D eigenvalue weighted by Gasteiger charge is -2.37. The molecule has 0 atom stereocenters. The van der Waals surface area contributed by atoms with Gasteiger partial charge >= 0.3 is 11.9 Å². The summed E-state index contributed by atoms with van der Waals surface area (Å²) < 4.78 is 0. The number of carboxylic acid groups (broad SMARTS) is 2. The normalized spacial score (nSPS) is 15.2. The molecule has 5 N–H and O–H groups in total. The zero-order valence-corrected chi connectivity index (χ0v) is 16.6. The van der Waals surface area contributed by atoms with Crippen LogP contribution < -0.4 is 10.6 Å². The number of aromatic nitrogens is 1. The van der Waals surface area contributed by atoms with Gasteiger partial charge in [-0.1, -0.05) is 24.3 Å². The molecule has 1 aliphatic heterocycles. The number of piperidine rings is 1. The van der Waals surface area contributed by atoms with Crippen molar-refractivity contribution in [3.05, 3.63) is 35.2 Å². The number of benzene rings is 1. The summed E-state index contributed by atoms with van der Waals surface area (Å²) in [7, 11) is 0. The topological polar surface area (TPSA) is 144 Å². The van der Waals surface area contributed by atoms with E-state index in [-0.39, 0.29) is 25.0 Å². The molecule has 0 bridgehead atoms. The first kappa shape index (κ1) is 20.7. The Kier molecular flexibility index (Phi) is 6.45. The van der Waals surface area contributed by atoms with Crippen molar-refractivity contribution in [2.75, 3.05) is 31.1 Å². The van der Waals surface area contributed by atoms with Crippen molar-refractivity contribution < 1.29 is 19.8 Å². The van der Waals surface area contributed by atoms with Crippen molar-refractivity contribution in [3.8, 4) is 11.3 Å². The maximum absolute atomic E-state index is 11.4. The standard InChI is InChI=1S/C19H23N5O4S/c20-18(21)13-3-1-12(2-4-13)15-11-29-19(22-15)24(10-17(27)28)14-5-7-23(8-6-14)9-16(25)26/h1-4,11,14H,5-10H2,(H3,20,21)(H,25,26)(H,27,28). The summed E-state index contributed by atoms with van der Waals surface area (Å²) in [6.07, 6.45) is 1.37. The zero-order valence-electron chi connectivity index (χ0n) is 15.7. The van der Waals surface area contributed by atoms with Gasteiger partial charge in [0.15, 0.2) is 5.13 Å². The molecule has 0 spiro atoms. The Morgan fingerprint density at radius 2 is 1.86 bits per heavy atom. The minimum Gasteiger partial charge on any atom is -0.480 e. The van der Waals surface area contributed by atoms with Crippen molar-refractivity contribution >= 4 is 34.2 Å². The van der Waals surface area contributed by atoms with Crippen LogP contribution in [0, 0.1) is 5.41 Å². The highest BCUT2D eigenvalue weighted by molar-refractivity contribution is 7.14. The number of hydrogen-bond donors (Lipinski definition) is 4. The first-order valence-corrected chi connectivity index (χ1v) is 10.0. The average Bonchev–Trinajstić information content (AvgIpc) is 3.16. The predicted octanol–water partition coefficient (Wildman–Crippen LogP) is 1.53. The lowest BCUT2D eigenvalue weighted by atomic mass is 10.0. The minimum atomic E-state index is -0.930. The minimum absolute atomic E-state index is 0.00242. The van der Waals surface area contributed by atoms with Crippen molar-refractivity contribution in [2.45, 2.75) is 18.9 Å². The van der Waals surface area contributed by atoms with Crippen molar-refractivity contribution in [1.29, 1.82) is 5.41 Å². The Morgan fingerprint density at radius 3 is 2.41 bits per heavy atom. The summed E-state index contributed by atoms with van der Waals surface area (Å²) in [4.78, 5) is 30.6. The van der Waals surface area contributed by atoms with Crippen LogP contribution in [0.3, 0.4) is 0 Å². The van der Waals surface area contributed by atoms with Gasteiger partial charge in [-0.05, 0) is 12.8 Å². The van der Waals surface area contributed by atoms with Gasteiger partial charge in [0.05, 0.1) is 12.2 Å². The number of anilines is 1. The number of carboxylic acids is 2. The second-order valence-corrected chi connectivity index (χ2v) is 7.77. The molecular formula is C19H23N5O4S. The number of nitrogens with two attached hydrogens (primary N) is 1. The Labute approximate surface area is 171 Å². The number of amidine groups is 1. The number of nitrogen functional groups attached to an aromatic ring is 1. The lowest BCUT2D eigenvalue weighted by molar-refractivity contribution is -0.138. The number of aliphatic carboxylic acids is 2. The van der Waals surface area contributed by atoms with Gasteiger partial charge in [-0.15, -0.1) is 11.3 Å². The quantitative estimate of drug-likeness (QED) is 0.374. The van der Waals surface area contributed by atoms with Crippen LogP contribution in [0.2, 0.25) is 0 Å². The van der Waals surface area contributed by atoms with E-state index in [2.05, 4.69) is 4.98 Å². The number of carbonyl (C=O) groups is 2. The second-order valence-electron chi connectivity index (χ2n) is 6.93. The Bertz CT molecular complexity index is 890. The fourth-order valence-electron chi connectivity index (χ4n) is 3.43. The molecule has 29 heavy (non-hydrogen) atoms. The molecule has 0 amide bonds. The molecule has 1 aliphatic rings. The third kappa shape index (κ3) is 5.30. The Morgan fingerprint density at radius 1 is 1.21 bits per heavy atom. The van der Waals surface area contributed by atoms with E-state index >= 15 is 0 Å². The molecule has 1 saturated heterocycles. The van der Waals surface area contributed by atoms with Crippen LogP contribution in [0.5, 0.6) is 0 Å². The van der Waals surface area contributed by atoms with E-state index < -0.39 is 11.9 Å². The maximum atomic E-state index is 11.4. The van der Waals surface area contributed by atoms with Gasteiger partial charge in [0.1, 0.15) is 12.4 Å². The molecule has 3 rings (SSSR count). The molecule has 1 aromatic heterocycles.